The summed E-state index contributed by atoms with van der Waals surface area (Å²) in [5.41, 5.74) is 7.29. The van der Waals surface area contributed by atoms with Crippen LogP contribution in [-0.2, 0) is 11.3 Å². The van der Waals surface area contributed by atoms with E-state index < -0.39 is 0 Å². The van der Waals surface area contributed by atoms with Crippen LogP contribution in [0, 0.1) is 0 Å². The summed E-state index contributed by atoms with van der Waals surface area (Å²) in [6.07, 6.45) is 4.96. The lowest BCUT2D eigenvalue weighted by Gasteiger charge is -2.35. The van der Waals surface area contributed by atoms with Crippen LogP contribution in [0.1, 0.15) is 20.3 Å². The number of hydrogen-bond donors (Lipinski definition) is 1. The maximum Gasteiger partial charge on any atom is 0.165 e. The van der Waals surface area contributed by atoms with E-state index in [1.54, 1.807) is 6.33 Å². The van der Waals surface area contributed by atoms with Crippen molar-refractivity contribution in [3.8, 4) is 0 Å². The van der Waals surface area contributed by atoms with Crippen LogP contribution >= 0.6 is 0 Å². The van der Waals surface area contributed by atoms with Crippen LogP contribution in [0.4, 0.5) is 5.82 Å². The Kier molecular flexibility index (Phi) is 4.03. The van der Waals surface area contributed by atoms with Crippen LogP contribution in [0.25, 0.3) is 11.2 Å². The molecule has 3 rings (SSSR count). The maximum absolute atomic E-state index is 5.80. The minimum atomic E-state index is 0.315. The molecule has 1 aliphatic heterocycles. The molecule has 7 nitrogen and oxygen atoms in total. The quantitative estimate of drug-likeness (QED) is 0.901. The second-order valence-electron chi connectivity index (χ2n) is 5.74. The summed E-state index contributed by atoms with van der Waals surface area (Å²) in [6, 6.07) is 0. The van der Waals surface area contributed by atoms with Gasteiger partial charge < -0.3 is 15.0 Å². The minimum Gasteiger partial charge on any atom is -0.382 e. The van der Waals surface area contributed by atoms with Crippen molar-refractivity contribution in [3.05, 3.63) is 12.7 Å². The fourth-order valence-corrected chi connectivity index (χ4v) is 2.99. The highest BCUT2D eigenvalue weighted by Gasteiger charge is 2.21. The number of aryl methyl sites for hydroxylation is 1. The third-order valence-corrected chi connectivity index (χ3v) is 3.80. The first kappa shape index (κ1) is 14.2. The summed E-state index contributed by atoms with van der Waals surface area (Å²) >= 11 is 0. The number of nitrogens with two attached hydrogens (primary N) is 1. The number of aromatic nitrogens is 4. The Morgan fingerprint density at radius 2 is 1.95 bits per heavy atom. The SMILES string of the molecule is C[C@@H]1CN(CCCn2cnc3c(N)ncnc32)C[C@H](C)O1. The van der Waals surface area contributed by atoms with Gasteiger partial charge in [0.05, 0.1) is 18.5 Å². The van der Waals surface area contributed by atoms with Crippen molar-refractivity contribution < 1.29 is 4.74 Å². The summed E-state index contributed by atoms with van der Waals surface area (Å²) < 4.78 is 7.79. The molecule has 1 saturated heterocycles. The van der Waals surface area contributed by atoms with E-state index in [0.29, 0.717) is 23.5 Å². The number of nitrogen functional groups attached to an aromatic ring is 1. The van der Waals surface area contributed by atoms with Gasteiger partial charge in [-0.25, -0.2) is 15.0 Å². The molecule has 0 aliphatic carbocycles. The predicted molar refractivity (Wildman–Crippen MR) is 80.8 cm³/mol. The zero-order valence-corrected chi connectivity index (χ0v) is 12.6. The summed E-state index contributed by atoms with van der Waals surface area (Å²) in [5, 5.41) is 0. The molecule has 2 aromatic rings. The Bertz CT molecular complexity index is 603. The van der Waals surface area contributed by atoms with Crippen LogP contribution < -0.4 is 5.73 Å². The van der Waals surface area contributed by atoms with Gasteiger partial charge in [0.15, 0.2) is 11.5 Å². The van der Waals surface area contributed by atoms with E-state index in [9.17, 15) is 0 Å². The fraction of sp³-hybridized carbons (Fsp3) is 0.643. The molecule has 2 N–H and O–H groups in total. The molecular weight excluding hydrogens is 268 g/mol. The topological polar surface area (TPSA) is 82.1 Å². The summed E-state index contributed by atoms with van der Waals surface area (Å²) in [5.74, 6) is 0.439. The van der Waals surface area contributed by atoms with Crippen LogP contribution in [0.15, 0.2) is 12.7 Å². The molecule has 0 aromatic carbocycles. The lowest BCUT2D eigenvalue weighted by molar-refractivity contribution is -0.0682. The standard InChI is InChI=1S/C14H22N6O/c1-10-6-19(7-11(2)21-10)4-3-5-20-9-18-12-13(15)16-8-17-14(12)20/h8-11H,3-7H2,1-2H3,(H2,15,16,17)/t10-,11+. The molecule has 3 heterocycles. The molecule has 0 radical (unpaired) electrons. The summed E-state index contributed by atoms with van der Waals surface area (Å²) in [6.45, 7) is 8.21. The molecular formula is C14H22N6O. The average molecular weight is 290 g/mol. The monoisotopic (exact) mass is 290 g/mol. The smallest absolute Gasteiger partial charge is 0.165 e. The fourth-order valence-electron chi connectivity index (χ4n) is 2.99. The second kappa shape index (κ2) is 5.95. The molecule has 0 unspecified atom stereocenters. The number of hydrogen-bond acceptors (Lipinski definition) is 6. The number of nitrogens with zero attached hydrogens (tertiary/aromatic N) is 5. The van der Waals surface area contributed by atoms with E-state index in [2.05, 4.69) is 33.7 Å². The molecule has 114 valence electrons. The molecule has 2 aromatic heterocycles. The number of ether oxygens (including phenoxy) is 1. The van der Waals surface area contributed by atoms with E-state index in [1.807, 2.05) is 4.57 Å². The van der Waals surface area contributed by atoms with Gasteiger partial charge in [0.25, 0.3) is 0 Å². The number of rotatable bonds is 4. The van der Waals surface area contributed by atoms with E-state index in [4.69, 9.17) is 10.5 Å². The Morgan fingerprint density at radius 1 is 1.19 bits per heavy atom. The van der Waals surface area contributed by atoms with Gasteiger partial charge in [-0.05, 0) is 20.3 Å². The first-order valence-electron chi connectivity index (χ1n) is 7.42. The van der Waals surface area contributed by atoms with Crippen LogP contribution in [0.3, 0.4) is 0 Å². The number of imidazole rings is 1. The average Bonchev–Trinajstić information content (AvgIpc) is 2.83. The van der Waals surface area contributed by atoms with Gasteiger partial charge in [0, 0.05) is 26.2 Å². The minimum absolute atomic E-state index is 0.315. The highest BCUT2D eigenvalue weighted by atomic mass is 16.5. The van der Waals surface area contributed by atoms with Gasteiger partial charge in [0.2, 0.25) is 0 Å². The van der Waals surface area contributed by atoms with Gasteiger partial charge in [0.1, 0.15) is 11.8 Å². The Morgan fingerprint density at radius 3 is 2.71 bits per heavy atom. The third-order valence-electron chi connectivity index (χ3n) is 3.80. The van der Waals surface area contributed by atoms with Crippen molar-refractivity contribution in [2.45, 2.75) is 39.0 Å². The van der Waals surface area contributed by atoms with Crippen LogP contribution in [-0.4, -0.2) is 56.3 Å². The van der Waals surface area contributed by atoms with Crippen LogP contribution in [0.5, 0.6) is 0 Å². The summed E-state index contributed by atoms with van der Waals surface area (Å²) in [7, 11) is 0. The molecule has 0 saturated carbocycles. The zero-order valence-electron chi connectivity index (χ0n) is 12.6. The van der Waals surface area contributed by atoms with Gasteiger partial charge in [-0.3, -0.25) is 4.90 Å². The van der Waals surface area contributed by atoms with Gasteiger partial charge in [-0.1, -0.05) is 0 Å². The highest BCUT2D eigenvalue weighted by Crippen LogP contribution is 2.15. The maximum atomic E-state index is 5.80. The van der Waals surface area contributed by atoms with Crippen molar-refractivity contribution in [3.63, 3.8) is 0 Å². The number of morpholine rings is 1. The lowest BCUT2D eigenvalue weighted by Crippen LogP contribution is -2.45. The number of fused-ring (bicyclic) bond motifs is 1. The normalized spacial score (nSPS) is 23.7. The van der Waals surface area contributed by atoms with Crippen molar-refractivity contribution >= 4 is 17.0 Å². The summed E-state index contributed by atoms with van der Waals surface area (Å²) in [4.78, 5) is 15.0. The van der Waals surface area contributed by atoms with Gasteiger partial charge in [-0.2, -0.15) is 0 Å². The number of anilines is 1. The van der Waals surface area contributed by atoms with E-state index in [0.717, 1.165) is 38.2 Å². The van der Waals surface area contributed by atoms with Gasteiger partial charge in [-0.15, -0.1) is 0 Å². The zero-order chi connectivity index (χ0) is 14.8. The molecule has 2 atom stereocenters. The molecule has 1 aliphatic rings. The molecule has 0 amide bonds. The lowest BCUT2D eigenvalue weighted by atomic mass is 10.2. The molecule has 1 fully saturated rings. The molecule has 21 heavy (non-hydrogen) atoms. The van der Waals surface area contributed by atoms with Crippen molar-refractivity contribution in [2.24, 2.45) is 0 Å². The Balaban J connectivity index is 1.58. The van der Waals surface area contributed by atoms with Gasteiger partial charge >= 0.3 is 0 Å². The first-order chi connectivity index (χ1) is 10.1. The molecule has 7 heteroatoms. The largest absolute Gasteiger partial charge is 0.382 e. The van der Waals surface area contributed by atoms with E-state index in [-0.39, 0.29) is 0 Å². The van der Waals surface area contributed by atoms with Crippen molar-refractivity contribution in [2.75, 3.05) is 25.4 Å². The first-order valence-corrected chi connectivity index (χ1v) is 7.42. The van der Waals surface area contributed by atoms with Crippen LogP contribution in [0.2, 0.25) is 0 Å². The predicted octanol–water partition coefficient (Wildman–Crippen LogP) is 0.908. The second-order valence-corrected chi connectivity index (χ2v) is 5.74. The molecule has 0 spiro atoms. The Hall–Kier alpha value is -1.73. The van der Waals surface area contributed by atoms with E-state index in [1.165, 1.54) is 6.33 Å². The van der Waals surface area contributed by atoms with E-state index >= 15 is 0 Å². The Labute approximate surface area is 124 Å². The molecule has 0 bridgehead atoms. The van der Waals surface area contributed by atoms with Crippen molar-refractivity contribution in [1.82, 2.24) is 24.4 Å². The third kappa shape index (κ3) is 3.14. The van der Waals surface area contributed by atoms with Crippen molar-refractivity contribution in [1.29, 1.82) is 0 Å². The highest BCUT2D eigenvalue weighted by molar-refractivity contribution is 5.80.